The van der Waals surface area contributed by atoms with Crippen molar-refractivity contribution in [2.75, 3.05) is 6.61 Å². The molecule has 1 N–H and O–H groups in total. The van der Waals surface area contributed by atoms with Crippen molar-refractivity contribution >= 4 is 6.09 Å². The van der Waals surface area contributed by atoms with E-state index in [0.717, 1.165) is 11.4 Å². The smallest absolute Gasteiger partial charge is 0.407 e. The number of aromatic nitrogens is 2. The molecule has 2 rings (SSSR count). The molecule has 0 spiro atoms. The van der Waals surface area contributed by atoms with E-state index in [2.05, 4.69) is 15.3 Å². The number of carbonyl (C=O) groups is 1. The largest absolute Gasteiger partial charge is 0.449 e. The summed E-state index contributed by atoms with van der Waals surface area (Å²) in [5.74, 6) is 0.531. The van der Waals surface area contributed by atoms with Crippen LogP contribution in [0.2, 0.25) is 0 Å². The van der Waals surface area contributed by atoms with Crippen LogP contribution in [0.5, 0.6) is 0 Å². The number of ether oxygens (including phenoxy) is 1. The average molecular weight is 277 g/mol. The van der Waals surface area contributed by atoms with E-state index in [4.69, 9.17) is 4.74 Å². The van der Waals surface area contributed by atoms with Crippen LogP contribution in [-0.4, -0.2) is 22.7 Å². The normalized spacial score (nSPS) is 17.5. The average Bonchev–Trinajstić information content (AvgIpc) is 2.46. The van der Waals surface area contributed by atoms with Crippen LogP contribution in [-0.2, 0) is 4.74 Å². The summed E-state index contributed by atoms with van der Waals surface area (Å²) < 4.78 is 5.32. The Bertz CT molecular complexity index is 444. The number of aryl methyl sites for hydroxylation is 1. The molecular weight excluding hydrogens is 254 g/mol. The molecule has 1 aromatic rings. The molecule has 20 heavy (non-hydrogen) atoms. The summed E-state index contributed by atoms with van der Waals surface area (Å²) in [7, 11) is 0. The summed E-state index contributed by atoms with van der Waals surface area (Å²) in [4.78, 5) is 20.2. The van der Waals surface area contributed by atoms with Crippen molar-refractivity contribution in [1.82, 2.24) is 15.3 Å². The van der Waals surface area contributed by atoms with Crippen molar-refractivity contribution in [2.45, 2.75) is 52.0 Å². The number of carbonyl (C=O) groups excluding carboxylic acids is 1. The van der Waals surface area contributed by atoms with Gasteiger partial charge in [-0.3, -0.25) is 9.97 Å². The van der Waals surface area contributed by atoms with E-state index in [9.17, 15) is 4.79 Å². The second-order valence-electron chi connectivity index (χ2n) is 5.50. The summed E-state index contributed by atoms with van der Waals surface area (Å²) in [6.45, 7) is 4.30. The Morgan fingerprint density at radius 2 is 2.05 bits per heavy atom. The third kappa shape index (κ3) is 4.18. The van der Waals surface area contributed by atoms with Gasteiger partial charge in [-0.25, -0.2) is 4.79 Å². The first-order valence-electron chi connectivity index (χ1n) is 7.37. The number of nitrogens with zero attached hydrogens (tertiary/aromatic N) is 2. The first-order chi connectivity index (χ1) is 9.66. The van der Waals surface area contributed by atoms with E-state index in [1.807, 2.05) is 13.8 Å². The molecule has 1 atom stereocenters. The van der Waals surface area contributed by atoms with E-state index in [1.54, 1.807) is 12.4 Å². The second-order valence-corrected chi connectivity index (χ2v) is 5.50. The summed E-state index contributed by atoms with van der Waals surface area (Å²) >= 11 is 0. The van der Waals surface area contributed by atoms with E-state index in [-0.39, 0.29) is 12.1 Å². The van der Waals surface area contributed by atoms with Crippen molar-refractivity contribution in [3.8, 4) is 0 Å². The fourth-order valence-electron chi connectivity index (χ4n) is 2.68. The lowest BCUT2D eigenvalue weighted by atomic mass is 9.90. The van der Waals surface area contributed by atoms with Gasteiger partial charge in [0.25, 0.3) is 0 Å². The predicted octanol–water partition coefficient (Wildman–Crippen LogP) is 3.15. The van der Waals surface area contributed by atoms with Gasteiger partial charge in [-0.2, -0.15) is 0 Å². The number of rotatable bonds is 4. The quantitative estimate of drug-likeness (QED) is 0.918. The third-order valence-corrected chi connectivity index (χ3v) is 3.84. The molecule has 110 valence electrons. The fraction of sp³-hybridized carbons (Fsp3) is 0.667. The molecule has 0 radical (unpaired) electrons. The van der Waals surface area contributed by atoms with Crippen molar-refractivity contribution in [2.24, 2.45) is 5.92 Å². The van der Waals surface area contributed by atoms with E-state index >= 15 is 0 Å². The van der Waals surface area contributed by atoms with Crippen LogP contribution >= 0.6 is 0 Å². The van der Waals surface area contributed by atoms with Crippen molar-refractivity contribution in [3.05, 3.63) is 23.8 Å². The maximum Gasteiger partial charge on any atom is 0.407 e. The lowest BCUT2D eigenvalue weighted by molar-refractivity contribution is 0.113. The molecule has 0 aromatic carbocycles. The molecule has 1 heterocycles. The van der Waals surface area contributed by atoms with Gasteiger partial charge < -0.3 is 10.1 Å². The minimum atomic E-state index is -0.367. The van der Waals surface area contributed by atoms with Gasteiger partial charge in [0.2, 0.25) is 0 Å². The van der Waals surface area contributed by atoms with Crippen molar-refractivity contribution < 1.29 is 9.53 Å². The molecule has 1 aliphatic rings. The SMILES string of the molecule is Cc1nccnc1[C@@H](C)NC(=O)OCC1CCCCC1. The number of hydrogen-bond acceptors (Lipinski definition) is 4. The highest BCUT2D eigenvalue weighted by molar-refractivity contribution is 5.67. The lowest BCUT2D eigenvalue weighted by Gasteiger charge is -2.22. The predicted molar refractivity (Wildman–Crippen MR) is 76.2 cm³/mol. The topological polar surface area (TPSA) is 64.1 Å². The Balaban J connectivity index is 1.77. The molecule has 5 heteroatoms. The Labute approximate surface area is 120 Å². The van der Waals surface area contributed by atoms with Crippen LogP contribution in [0.3, 0.4) is 0 Å². The van der Waals surface area contributed by atoms with Gasteiger partial charge in [0.05, 0.1) is 24.0 Å². The van der Waals surface area contributed by atoms with Crippen molar-refractivity contribution in [3.63, 3.8) is 0 Å². The van der Waals surface area contributed by atoms with Gasteiger partial charge in [-0.05, 0) is 32.6 Å². The van der Waals surface area contributed by atoms with Gasteiger partial charge in [0.15, 0.2) is 0 Å². The van der Waals surface area contributed by atoms with E-state index < -0.39 is 0 Å². The lowest BCUT2D eigenvalue weighted by Crippen LogP contribution is -2.30. The highest BCUT2D eigenvalue weighted by Gasteiger charge is 2.17. The van der Waals surface area contributed by atoms with Gasteiger partial charge in [0, 0.05) is 12.4 Å². The highest BCUT2D eigenvalue weighted by Crippen LogP contribution is 2.23. The van der Waals surface area contributed by atoms with Crippen LogP contribution in [0.15, 0.2) is 12.4 Å². The second kappa shape index (κ2) is 7.22. The van der Waals surface area contributed by atoms with Crippen molar-refractivity contribution in [1.29, 1.82) is 0 Å². The maximum atomic E-state index is 11.8. The summed E-state index contributed by atoms with van der Waals surface area (Å²) in [6.07, 6.45) is 9.08. The molecule has 0 aliphatic heterocycles. The molecule has 0 unspecified atom stereocenters. The molecule has 0 saturated heterocycles. The Kier molecular flexibility index (Phi) is 5.32. The number of nitrogens with one attached hydrogen (secondary N) is 1. The monoisotopic (exact) mass is 277 g/mol. The minimum Gasteiger partial charge on any atom is -0.449 e. The zero-order valence-electron chi connectivity index (χ0n) is 12.3. The number of amides is 1. The first-order valence-corrected chi connectivity index (χ1v) is 7.37. The molecular formula is C15H23N3O2. The molecule has 5 nitrogen and oxygen atoms in total. The van der Waals surface area contributed by atoms with Crippen LogP contribution in [0, 0.1) is 12.8 Å². The van der Waals surface area contributed by atoms with Crippen LogP contribution in [0.4, 0.5) is 4.79 Å². The molecule has 1 aromatic heterocycles. The standard InChI is InChI=1S/C15H23N3O2/c1-11-14(17-9-8-16-11)12(2)18-15(19)20-10-13-6-4-3-5-7-13/h8-9,12-13H,3-7,10H2,1-2H3,(H,18,19)/t12-/m1/s1. The third-order valence-electron chi connectivity index (χ3n) is 3.84. The summed E-state index contributed by atoms with van der Waals surface area (Å²) in [5, 5.41) is 2.81. The zero-order chi connectivity index (χ0) is 14.4. The molecule has 1 saturated carbocycles. The zero-order valence-corrected chi connectivity index (χ0v) is 12.3. The van der Waals surface area contributed by atoms with Crippen LogP contribution in [0.25, 0.3) is 0 Å². The summed E-state index contributed by atoms with van der Waals surface area (Å²) in [5.41, 5.74) is 1.61. The molecule has 1 aliphatic carbocycles. The molecule has 1 fully saturated rings. The number of alkyl carbamates (subject to hydrolysis) is 1. The summed E-state index contributed by atoms with van der Waals surface area (Å²) in [6, 6.07) is -0.192. The molecule has 1 amide bonds. The van der Waals surface area contributed by atoms with Gasteiger partial charge in [-0.1, -0.05) is 19.3 Å². The van der Waals surface area contributed by atoms with Crippen LogP contribution < -0.4 is 5.32 Å². The Morgan fingerprint density at radius 1 is 1.35 bits per heavy atom. The van der Waals surface area contributed by atoms with Gasteiger partial charge in [0.1, 0.15) is 0 Å². The Morgan fingerprint density at radius 3 is 2.75 bits per heavy atom. The van der Waals surface area contributed by atoms with Gasteiger partial charge >= 0.3 is 6.09 Å². The molecule has 0 bridgehead atoms. The van der Waals surface area contributed by atoms with Gasteiger partial charge in [-0.15, -0.1) is 0 Å². The van der Waals surface area contributed by atoms with Crippen LogP contribution in [0.1, 0.15) is 56.5 Å². The number of hydrogen-bond donors (Lipinski definition) is 1. The van der Waals surface area contributed by atoms with E-state index in [0.29, 0.717) is 12.5 Å². The first kappa shape index (κ1) is 14.8. The fourth-order valence-corrected chi connectivity index (χ4v) is 2.68. The minimum absolute atomic E-state index is 0.192. The van der Waals surface area contributed by atoms with E-state index in [1.165, 1.54) is 32.1 Å². The maximum absolute atomic E-state index is 11.8. The highest BCUT2D eigenvalue weighted by atomic mass is 16.5. The Hall–Kier alpha value is -1.65.